The number of carbonyl (C=O) groups is 4. The number of nitrogens with one attached hydrogen (secondary N) is 2. The SMILES string of the molecule is CCOc1ccc(OC2CCOC2=O)cc1CC(O)N[C@H](C(=O)N/C(=C/C(=O)O)C(=O)CSCc1ccccc1)C(C)C. The van der Waals surface area contributed by atoms with Crippen LogP contribution in [0.15, 0.2) is 60.3 Å². The van der Waals surface area contributed by atoms with Crippen molar-refractivity contribution in [2.45, 2.75) is 57.7 Å². The van der Waals surface area contributed by atoms with Gasteiger partial charge in [-0.15, -0.1) is 11.8 Å². The second-order valence-electron chi connectivity index (χ2n) is 10.2. The number of benzene rings is 2. The second kappa shape index (κ2) is 16.7. The molecule has 232 valence electrons. The van der Waals surface area contributed by atoms with E-state index in [0.717, 1.165) is 5.56 Å². The molecule has 2 unspecified atom stereocenters. The molecule has 0 bridgehead atoms. The fourth-order valence-electron chi connectivity index (χ4n) is 4.31. The number of ether oxygens (including phenoxy) is 3. The van der Waals surface area contributed by atoms with Crippen LogP contribution in [-0.4, -0.2) is 71.2 Å². The van der Waals surface area contributed by atoms with Crippen LogP contribution in [0.2, 0.25) is 0 Å². The van der Waals surface area contributed by atoms with Crippen molar-refractivity contribution in [2.75, 3.05) is 19.0 Å². The molecule has 1 aliphatic rings. The van der Waals surface area contributed by atoms with E-state index in [1.807, 2.05) is 37.3 Å². The number of allylic oxidation sites excluding steroid dienone is 1. The number of carboxylic acid groups (broad SMARTS) is 1. The summed E-state index contributed by atoms with van der Waals surface area (Å²) in [5.74, 6) is -1.93. The van der Waals surface area contributed by atoms with Crippen LogP contribution in [-0.2, 0) is 36.1 Å². The minimum atomic E-state index is -1.37. The van der Waals surface area contributed by atoms with Crippen molar-refractivity contribution in [1.82, 2.24) is 10.6 Å². The number of cyclic esters (lactones) is 1. The summed E-state index contributed by atoms with van der Waals surface area (Å²) in [5, 5.41) is 25.6. The highest BCUT2D eigenvalue weighted by atomic mass is 32.2. The first-order valence-corrected chi connectivity index (χ1v) is 15.2. The second-order valence-corrected chi connectivity index (χ2v) is 11.1. The van der Waals surface area contributed by atoms with Gasteiger partial charge in [-0.2, -0.15) is 0 Å². The highest BCUT2D eigenvalue weighted by Crippen LogP contribution is 2.27. The molecule has 0 aromatic heterocycles. The number of aliphatic hydroxyl groups is 1. The molecule has 0 aliphatic carbocycles. The van der Waals surface area contributed by atoms with Crippen molar-refractivity contribution in [3.8, 4) is 11.5 Å². The quantitative estimate of drug-likeness (QED) is 0.118. The lowest BCUT2D eigenvalue weighted by atomic mass is 10.0. The van der Waals surface area contributed by atoms with Gasteiger partial charge in [0.1, 0.15) is 17.7 Å². The molecular weight excluding hydrogens is 576 g/mol. The molecule has 12 heteroatoms. The normalized spacial score (nSPS) is 16.3. The molecule has 3 atom stereocenters. The number of carbonyl (C=O) groups excluding carboxylic acids is 3. The Balaban J connectivity index is 1.66. The minimum absolute atomic E-state index is 0.0189. The Kier molecular flexibility index (Phi) is 13.0. The third kappa shape index (κ3) is 10.7. The van der Waals surface area contributed by atoms with Crippen molar-refractivity contribution < 1.29 is 43.6 Å². The average molecular weight is 615 g/mol. The zero-order valence-electron chi connectivity index (χ0n) is 24.4. The lowest BCUT2D eigenvalue weighted by Gasteiger charge is -2.26. The molecule has 0 saturated carbocycles. The van der Waals surface area contributed by atoms with Crippen LogP contribution in [0.5, 0.6) is 11.5 Å². The molecular formula is C31H38N2O9S. The van der Waals surface area contributed by atoms with E-state index in [0.29, 0.717) is 41.9 Å². The maximum Gasteiger partial charge on any atom is 0.347 e. The number of amides is 1. The molecule has 43 heavy (non-hydrogen) atoms. The van der Waals surface area contributed by atoms with Gasteiger partial charge in [0.2, 0.25) is 5.91 Å². The molecule has 1 amide bonds. The lowest BCUT2D eigenvalue weighted by Crippen LogP contribution is -2.52. The van der Waals surface area contributed by atoms with Crippen LogP contribution in [0.4, 0.5) is 0 Å². The largest absolute Gasteiger partial charge is 0.494 e. The van der Waals surface area contributed by atoms with Crippen molar-refractivity contribution >= 4 is 35.4 Å². The first-order chi connectivity index (χ1) is 20.6. The predicted octanol–water partition coefficient (Wildman–Crippen LogP) is 2.84. The number of thioether (sulfide) groups is 1. The van der Waals surface area contributed by atoms with Gasteiger partial charge in [0.25, 0.3) is 0 Å². The van der Waals surface area contributed by atoms with Crippen molar-refractivity contribution in [2.24, 2.45) is 5.92 Å². The maximum atomic E-state index is 13.2. The molecule has 3 rings (SSSR count). The van der Waals surface area contributed by atoms with Gasteiger partial charge in [-0.3, -0.25) is 14.9 Å². The molecule has 0 radical (unpaired) electrons. The number of rotatable bonds is 17. The number of carboxylic acids is 1. The van der Waals surface area contributed by atoms with Crippen molar-refractivity contribution in [3.05, 3.63) is 71.4 Å². The average Bonchev–Trinajstić information content (AvgIpc) is 3.36. The van der Waals surface area contributed by atoms with Crippen LogP contribution in [0.3, 0.4) is 0 Å². The molecule has 1 aliphatic heterocycles. The number of hydrogen-bond acceptors (Lipinski definition) is 10. The van der Waals surface area contributed by atoms with E-state index in [-0.39, 0.29) is 30.4 Å². The zero-order valence-corrected chi connectivity index (χ0v) is 25.2. The lowest BCUT2D eigenvalue weighted by molar-refractivity contribution is -0.143. The van der Waals surface area contributed by atoms with Gasteiger partial charge in [0, 0.05) is 24.2 Å². The summed E-state index contributed by atoms with van der Waals surface area (Å²) in [6, 6.07) is 13.5. The number of aliphatic carboxylic acids is 1. The molecule has 1 heterocycles. The van der Waals surface area contributed by atoms with E-state index in [1.54, 1.807) is 32.0 Å². The van der Waals surface area contributed by atoms with E-state index in [4.69, 9.17) is 14.2 Å². The first-order valence-electron chi connectivity index (χ1n) is 14.0. The van der Waals surface area contributed by atoms with Gasteiger partial charge in [-0.1, -0.05) is 44.2 Å². The Morgan fingerprint density at radius 1 is 1.16 bits per heavy atom. The Hall–Kier alpha value is -3.87. The minimum Gasteiger partial charge on any atom is -0.494 e. The Morgan fingerprint density at radius 2 is 1.91 bits per heavy atom. The summed E-state index contributed by atoms with van der Waals surface area (Å²) in [6.45, 7) is 5.99. The number of aliphatic hydroxyl groups excluding tert-OH is 1. The third-order valence-corrected chi connectivity index (χ3v) is 7.41. The van der Waals surface area contributed by atoms with Gasteiger partial charge < -0.3 is 29.7 Å². The smallest absolute Gasteiger partial charge is 0.347 e. The van der Waals surface area contributed by atoms with Gasteiger partial charge >= 0.3 is 11.9 Å². The summed E-state index contributed by atoms with van der Waals surface area (Å²) in [6.07, 6.45) is -0.811. The van der Waals surface area contributed by atoms with E-state index in [2.05, 4.69) is 10.6 Å². The van der Waals surface area contributed by atoms with Gasteiger partial charge in [0.05, 0.1) is 36.8 Å². The van der Waals surface area contributed by atoms with Crippen LogP contribution in [0.1, 0.15) is 38.3 Å². The number of ketones is 1. The van der Waals surface area contributed by atoms with E-state index >= 15 is 0 Å². The molecule has 4 N–H and O–H groups in total. The van der Waals surface area contributed by atoms with Gasteiger partial charge in [0.15, 0.2) is 11.9 Å². The molecule has 1 saturated heterocycles. The van der Waals surface area contributed by atoms with E-state index < -0.39 is 42.0 Å². The van der Waals surface area contributed by atoms with Crippen LogP contribution < -0.4 is 20.1 Å². The number of esters is 1. The Labute approximate surface area is 255 Å². The summed E-state index contributed by atoms with van der Waals surface area (Å²) >= 11 is 1.30. The monoisotopic (exact) mass is 614 g/mol. The van der Waals surface area contributed by atoms with E-state index in [1.165, 1.54) is 11.8 Å². The summed E-state index contributed by atoms with van der Waals surface area (Å²) < 4.78 is 16.4. The third-order valence-electron chi connectivity index (χ3n) is 6.40. The number of hydrogen-bond donors (Lipinski definition) is 4. The molecule has 11 nitrogen and oxygen atoms in total. The fraction of sp³-hybridized carbons (Fsp3) is 0.419. The zero-order chi connectivity index (χ0) is 31.4. The number of Topliss-reactive ketones (excluding diaryl/α,β-unsaturated/α-hetero) is 1. The van der Waals surface area contributed by atoms with Crippen molar-refractivity contribution in [3.63, 3.8) is 0 Å². The topological polar surface area (TPSA) is 160 Å². The molecule has 0 spiro atoms. The molecule has 2 aromatic rings. The van der Waals surface area contributed by atoms with Crippen LogP contribution in [0, 0.1) is 5.92 Å². The summed E-state index contributed by atoms with van der Waals surface area (Å²) in [5.41, 5.74) is 1.25. The maximum absolute atomic E-state index is 13.2. The highest BCUT2D eigenvalue weighted by Gasteiger charge is 2.30. The summed E-state index contributed by atoms with van der Waals surface area (Å²) in [7, 11) is 0. The fourth-order valence-corrected chi connectivity index (χ4v) is 5.18. The Morgan fingerprint density at radius 3 is 2.53 bits per heavy atom. The Bertz CT molecular complexity index is 1300. The van der Waals surface area contributed by atoms with Crippen molar-refractivity contribution in [1.29, 1.82) is 0 Å². The van der Waals surface area contributed by atoms with Gasteiger partial charge in [-0.05, 0) is 36.6 Å². The highest BCUT2D eigenvalue weighted by molar-refractivity contribution is 7.99. The molecule has 2 aromatic carbocycles. The summed E-state index contributed by atoms with van der Waals surface area (Å²) in [4.78, 5) is 49.3. The first kappa shape index (κ1) is 33.6. The predicted molar refractivity (Wildman–Crippen MR) is 161 cm³/mol. The van der Waals surface area contributed by atoms with Crippen LogP contribution in [0.25, 0.3) is 0 Å². The van der Waals surface area contributed by atoms with Gasteiger partial charge in [-0.25, -0.2) is 9.59 Å². The van der Waals surface area contributed by atoms with E-state index in [9.17, 15) is 29.4 Å². The molecule has 1 fully saturated rings. The van der Waals surface area contributed by atoms with Crippen LogP contribution >= 0.6 is 11.8 Å². The standard InChI is InChI=1S/C31H38N2O9S/c1-4-40-25-11-10-22(42-26-12-13-41-31(26)39)14-21(25)15-27(35)33-29(19(2)3)30(38)32-23(16-28(36)37)24(34)18-43-17-20-8-6-5-7-9-20/h5-11,14,16,19,26-27,29,33,35H,4,12-13,15,17-18H2,1-3H3,(H,32,38)(H,36,37)/b23-16+/t26?,27?,29-/m0/s1.